The van der Waals surface area contributed by atoms with E-state index < -0.39 is 6.04 Å². The first-order chi connectivity index (χ1) is 14.8. The number of hydrogen-bond acceptors (Lipinski definition) is 4. The van der Waals surface area contributed by atoms with Crippen LogP contribution in [-0.2, 0) is 22.7 Å². The average Bonchev–Trinajstić information content (AvgIpc) is 3.18. The lowest BCUT2D eigenvalue weighted by Gasteiger charge is -2.34. The lowest BCUT2D eigenvalue weighted by atomic mass is 9.96. The van der Waals surface area contributed by atoms with Crippen LogP contribution in [0.1, 0.15) is 22.7 Å². The quantitative estimate of drug-likeness (QED) is 0.463. The molecule has 0 saturated carbocycles. The van der Waals surface area contributed by atoms with Gasteiger partial charge in [-0.1, -0.05) is 84.9 Å². The van der Waals surface area contributed by atoms with Crippen molar-refractivity contribution in [3.05, 3.63) is 113 Å². The Kier molecular flexibility index (Phi) is 5.08. The number of fused-ring (bicyclic) bond motifs is 3. The maximum absolute atomic E-state index is 13.1. The Labute approximate surface area is 176 Å². The van der Waals surface area contributed by atoms with Crippen molar-refractivity contribution >= 4 is 5.97 Å². The molecule has 0 bridgehead atoms. The standard InChI is InChI=1S/C26H23NO3/c28-26(30-17-20-11-5-2-6-12-20)23-15-21-18-29-24-14-8-7-13-22(24)25(21)27(23)16-19-9-3-1-4-10-19/h1-15,23,25H,16-18H2. The fourth-order valence-corrected chi connectivity index (χ4v) is 4.27. The largest absolute Gasteiger partial charge is 0.489 e. The van der Waals surface area contributed by atoms with E-state index in [9.17, 15) is 4.79 Å². The highest BCUT2D eigenvalue weighted by Gasteiger charge is 2.43. The number of carbonyl (C=O) groups excluding carboxylic acids is 1. The molecular formula is C26H23NO3. The van der Waals surface area contributed by atoms with Crippen molar-refractivity contribution in [1.29, 1.82) is 0 Å². The summed E-state index contributed by atoms with van der Waals surface area (Å²) >= 11 is 0. The molecule has 2 atom stereocenters. The third-order valence-corrected chi connectivity index (χ3v) is 5.69. The van der Waals surface area contributed by atoms with Crippen molar-refractivity contribution in [2.75, 3.05) is 6.61 Å². The molecule has 0 aliphatic carbocycles. The van der Waals surface area contributed by atoms with Crippen LogP contribution in [0, 0.1) is 0 Å². The lowest BCUT2D eigenvalue weighted by Crippen LogP contribution is -2.39. The van der Waals surface area contributed by atoms with Gasteiger partial charge in [-0.25, -0.2) is 4.79 Å². The highest BCUT2D eigenvalue weighted by atomic mass is 16.5. The van der Waals surface area contributed by atoms with Crippen LogP contribution >= 0.6 is 0 Å². The molecule has 5 rings (SSSR count). The molecule has 0 N–H and O–H groups in total. The average molecular weight is 397 g/mol. The first-order valence-electron chi connectivity index (χ1n) is 10.2. The Morgan fingerprint density at radius 1 is 0.900 bits per heavy atom. The van der Waals surface area contributed by atoms with E-state index in [1.807, 2.05) is 72.8 Å². The van der Waals surface area contributed by atoms with Crippen molar-refractivity contribution in [2.24, 2.45) is 0 Å². The number of esters is 1. The molecule has 4 heteroatoms. The molecule has 2 heterocycles. The molecule has 0 fully saturated rings. The topological polar surface area (TPSA) is 38.8 Å². The van der Waals surface area contributed by atoms with Gasteiger partial charge < -0.3 is 9.47 Å². The van der Waals surface area contributed by atoms with Crippen LogP contribution in [0.2, 0.25) is 0 Å². The summed E-state index contributed by atoms with van der Waals surface area (Å²) in [5.74, 6) is 0.658. The Bertz CT molecular complexity index is 1060. The minimum absolute atomic E-state index is 0.0180. The zero-order valence-corrected chi connectivity index (χ0v) is 16.6. The van der Waals surface area contributed by atoms with E-state index in [0.29, 0.717) is 13.2 Å². The third kappa shape index (κ3) is 3.62. The minimum Gasteiger partial charge on any atom is -0.489 e. The molecule has 0 amide bonds. The van der Waals surface area contributed by atoms with Gasteiger partial charge in [0.25, 0.3) is 0 Å². The zero-order valence-electron chi connectivity index (χ0n) is 16.6. The number of ether oxygens (including phenoxy) is 2. The van der Waals surface area contributed by atoms with Gasteiger partial charge >= 0.3 is 5.97 Å². The van der Waals surface area contributed by atoms with E-state index in [1.54, 1.807) is 0 Å². The van der Waals surface area contributed by atoms with Crippen molar-refractivity contribution in [3.63, 3.8) is 0 Å². The molecule has 0 aromatic heterocycles. The summed E-state index contributed by atoms with van der Waals surface area (Å²) in [5, 5.41) is 0. The van der Waals surface area contributed by atoms with Gasteiger partial charge in [-0.3, -0.25) is 4.90 Å². The minimum atomic E-state index is -0.441. The molecule has 2 aliphatic heterocycles. The molecule has 0 radical (unpaired) electrons. The number of benzene rings is 3. The molecule has 4 nitrogen and oxygen atoms in total. The van der Waals surface area contributed by atoms with Gasteiger partial charge in [0.2, 0.25) is 0 Å². The highest BCUT2D eigenvalue weighted by molar-refractivity contribution is 5.79. The number of rotatable bonds is 5. The second-order valence-corrected chi connectivity index (χ2v) is 7.67. The zero-order chi connectivity index (χ0) is 20.3. The Balaban J connectivity index is 1.43. The molecule has 30 heavy (non-hydrogen) atoms. The van der Waals surface area contributed by atoms with Crippen LogP contribution in [-0.4, -0.2) is 23.5 Å². The van der Waals surface area contributed by atoms with E-state index in [-0.39, 0.29) is 18.6 Å². The summed E-state index contributed by atoms with van der Waals surface area (Å²) in [4.78, 5) is 15.3. The van der Waals surface area contributed by atoms with Gasteiger partial charge in [-0.15, -0.1) is 0 Å². The van der Waals surface area contributed by atoms with E-state index in [1.165, 1.54) is 0 Å². The Morgan fingerprint density at radius 3 is 2.33 bits per heavy atom. The summed E-state index contributed by atoms with van der Waals surface area (Å²) < 4.78 is 11.7. The van der Waals surface area contributed by atoms with E-state index in [2.05, 4.69) is 23.1 Å². The third-order valence-electron chi connectivity index (χ3n) is 5.69. The van der Waals surface area contributed by atoms with Gasteiger partial charge in [-0.2, -0.15) is 0 Å². The maximum atomic E-state index is 13.1. The Hall–Kier alpha value is -3.37. The van der Waals surface area contributed by atoms with Gasteiger partial charge in [-0.05, 0) is 22.8 Å². The van der Waals surface area contributed by atoms with Crippen LogP contribution in [0.4, 0.5) is 0 Å². The van der Waals surface area contributed by atoms with E-state index in [4.69, 9.17) is 9.47 Å². The summed E-state index contributed by atoms with van der Waals surface area (Å²) in [6, 6.07) is 27.7. The maximum Gasteiger partial charge on any atom is 0.327 e. The van der Waals surface area contributed by atoms with Crippen LogP contribution in [0.15, 0.2) is 96.6 Å². The second kappa shape index (κ2) is 8.17. The van der Waals surface area contributed by atoms with Crippen LogP contribution in [0.5, 0.6) is 5.75 Å². The van der Waals surface area contributed by atoms with Gasteiger partial charge in [0, 0.05) is 12.1 Å². The number of hydrogen-bond donors (Lipinski definition) is 0. The predicted octanol–water partition coefficient (Wildman–Crippen LogP) is 4.67. The van der Waals surface area contributed by atoms with Crippen LogP contribution in [0.3, 0.4) is 0 Å². The Morgan fingerprint density at radius 2 is 1.57 bits per heavy atom. The number of para-hydroxylation sites is 1. The summed E-state index contributed by atoms with van der Waals surface area (Å²) in [7, 11) is 0. The number of nitrogens with zero attached hydrogens (tertiary/aromatic N) is 1. The lowest BCUT2D eigenvalue weighted by molar-refractivity contribution is -0.149. The molecule has 2 aliphatic rings. The fraction of sp³-hybridized carbons (Fsp3) is 0.192. The van der Waals surface area contributed by atoms with Crippen LogP contribution < -0.4 is 4.74 Å². The predicted molar refractivity (Wildman–Crippen MR) is 115 cm³/mol. The van der Waals surface area contributed by atoms with Crippen molar-refractivity contribution in [3.8, 4) is 5.75 Å². The summed E-state index contributed by atoms with van der Waals surface area (Å²) in [5.41, 5.74) is 4.37. The molecule has 0 saturated heterocycles. The summed E-state index contributed by atoms with van der Waals surface area (Å²) in [6.45, 7) is 1.43. The summed E-state index contributed by atoms with van der Waals surface area (Å²) in [6.07, 6.45) is 2.02. The molecule has 3 aromatic carbocycles. The SMILES string of the molecule is O=C(OCc1ccccc1)C1C=C2COc3ccccc3C2N1Cc1ccccc1. The van der Waals surface area contributed by atoms with Gasteiger partial charge in [0.1, 0.15) is 25.0 Å². The molecule has 0 spiro atoms. The van der Waals surface area contributed by atoms with E-state index in [0.717, 1.165) is 28.0 Å². The first-order valence-corrected chi connectivity index (χ1v) is 10.2. The van der Waals surface area contributed by atoms with Gasteiger partial charge in [0.15, 0.2) is 0 Å². The smallest absolute Gasteiger partial charge is 0.327 e. The molecule has 150 valence electrons. The number of carbonyl (C=O) groups is 1. The van der Waals surface area contributed by atoms with Crippen molar-refractivity contribution in [2.45, 2.75) is 25.2 Å². The van der Waals surface area contributed by atoms with Gasteiger partial charge in [0.05, 0.1) is 6.04 Å². The first kappa shape index (κ1) is 18.6. The van der Waals surface area contributed by atoms with E-state index >= 15 is 0 Å². The monoisotopic (exact) mass is 397 g/mol. The normalized spacial score (nSPS) is 19.9. The fourth-order valence-electron chi connectivity index (χ4n) is 4.27. The molecule has 3 aromatic rings. The molecular weight excluding hydrogens is 374 g/mol. The van der Waals surface area contributed by atoms with Crippen LogP contribution in [0.25, 0.3) is 0 Å². The highest BCUT2D eigenvalue weighted by Crippen LogP contribution is 2.44. The second-order valence-electron chi connectivity index (χ2n) is 7.67. The van der Waals surface area contributed by atoms with Crippen molar-refractivity contribution < 1.29 is 14.3 Å². The molecule has 2 unspecified atom stereocenters. The van der Waals surface area contributed by atoms with Crippen molar-refractivity contribution in [1.82, 2.24) is 4.90 Å².